The van der Waals surface area contributed by atoms with Gasteiger partial charge in [0.25, 0.3) is 0 Å². The smallest absolute Gasteiger partial charge is 0.193 e. The summed E-state index contributed by atoms with van der Waals surface area (Å²) in [4.78, 5) is 4.97. The van der Waals surface area contributed by atoms with E-state index < -0.39 is 8.32 Å². The number of hydrogen-bond acceptors (Lipinski definition) is 2. The highest BCUT2D eigenvalue weighted by molar-refractivity contribution is 6.74. The minimum absolute atomic E-state index is 0.0100. The second kappa shape index (κ2) is 5.51. The van der Waals surface area contributed by atoms with E-state index in [1.165, 1.54) is 22.1 Å². The Kier molecular flexibility index (Phi) is 3.64. The molecule has 0 N–H and O–H groups in total. The van der Waals surface area contributed by atoms with E-state index in [4.69, 9.17) is 9.41 Å². The Morgan fingerprint density at radius 2 is 1.60 bits per heavy atom. The van der Waals surface area contributed by atoms with E-state index in [0.717, 1.165) is 11.2 Å². The van der Waals surface area contributed by atoms with Crippen molar-refractivity contribution in [3.63, 3.8) is 0 Å². The van der Waals surface area contributed by atoms with Gasteiger partial charge < -0.3 is 4.43 Å². The minimum atomic E-state index is -1.90. The molecule has 0 aliphatic heterocycles. The molecule has 0 fully saturated rings. The van der Waals surface area contributed by atoms with E-state index in [9.17, 15) is 0 Å². The lowest BCUT2D eigenvalue weighted by Gasteiger charge is -2.38. The predicted octanol–water partition coefficient (Wildman–Crippen LogP) is 6.33. The van der Waals surface area contributed by atoms with Crippen LogP contribution in [0.25, 0.3) is 22.2 Å². The van der Waals surface area contributed by atoms with Gasteiger partial charge in [0, 0.05) is 16.5 Å². The van der Waals surface area contributed by atoms with Crippen LogP contribution >= 0.6 is 0 Å². The van der Waals surface area contributed by atoms with Gasteiger partial charge in [-0.3, -0.25) is 0 Å². The predicted molar refractivity (Wildman–Crippen MR) is 107 cm³/mol. The lowest BCUT2D eigenvalue weighted by molar-refractivity contribution is 0.226. The van der Waals surface area contributed by atoms with Gasteiger partial charge in [-0.2, -0.15) is 0 Å². The van der Waals surface area contributed by atoms with E-state index in [1.54, 1.807) is 0 Å². The summed E-state index contributed by atoms with van der Waals surface area (Å²) in [5.74, 6) is 0. The van der Waals surface area contributed by atoms with Crippen LogP contribution in [0.5, 0.6) is 0 Å². The molecule has 4 rings (SSSR count). The molecule has 2 aromatic carbocycles. The highest BCUT2D eigenvalue weighted by atomic mass is 28.4. The average Bonchev–Trinajstić information content (AvgIpc) is 2.85. The maximum Gasteiger partial charge on any atom is 0.193 e. The second-order valence-electron chi connectivity index (χ2n) is 8.46. The third-order valence-electron chi connectivity index (χ3n) is 5.75. The zero-order valence-corrected chi connectivity index (χ0v) is 16.6. The minimum Gasteiger partial charge on any atom is -0.406 e. The highest BCUT2D eigenvalue weighted by Gasteiger charge is 2.42. The molecule has 128 valence electrons. The Balaban J connectivity index is 1.90. The Morgan fingerprint density at radius 3 is 2.36 bits per heavy atom. The van der Waals surface area contributed by atoms with Crippen molar-refractivity contribution in [2.75, 3.05) is 0 Å². The molecule has 0 spiro atoms. The Labute approximate surface area is 151 Å². The van der Waals surface area contributed by atoms with Crippen LogP contribution in [0.15, 0.2) is 54.6 Å². The van der Waals surface area contributed by atoms with Crippen LogP contribution in [0.3, 0.4) is 0 Å². The van der Waals surface area contributed by atoms with Crippen LogP contribution in [0.1, 0.15) is 38.0 Å². The van der Waals surface area contributed by atoms with Gasteiger partial charge in [-0.05, 0) is 35.8 Å². The summed E-state index contributed by atoms with van der Waals surface area (Å²) < 4.78 is 6.86. The van der Waals surface area contributed by atoms with Gasteiger partial charge in [-0.1, -0.05) is 63.2 Å². The fourth-order valence-corrected chi connectivity index (χ4v) is 4.45. The van der Waals surface area contributed by atoms with E-state index in [2.05, 4.69) is 82.4 Å². The Morgan fingerprint density at radius 1 is 0.920 bits per heavy atom. The van der Waals surface area contributed by atoms with Crippen molar-refractivity contribution in [1.29, 1.82) is 0 Å². The van der Waals surface area contributed by atoms with E-state index in [0.29, 0.717) is 0 Å². The van der Waals surface area contributed by atoms with E-state index in [1.807, 2.05) is 6.07 Å². The molecule has 1 aromatic heterocycles. The SMILES string of the molecule is CC(C)(C)[Si](C)(C)OC1c2ccccc2-c2nc3ccccc3cc21. The number of rotatable bonds is 2. The third kappa shape index (κ3) is 2.62. The summed E-state index contributed by atoms with van der Waals surface area (Å²) in [7, 11) is -1.90. The first-order chi connectivity index (χ1) is 11.8. The fraction of sp³-hybridized carbons (Fsp3) is 0.318. The molecule has 0 bridgehead atoms. The van der Waals surface area contributed by atoms with Gasteiger partial charge in [0.05, 0.1) is 17.3 Å². The largest absolute Gasteiger partial charge is 0.406 e. The molecule has 1 atom stereocenters. The molecule has 25 heavy (non-hydrogen) atoms. The van der Waals surface area contributed by atoms with Gasteiger partial charge in [-0.25, -0.2) is 4.98 Å². The summed E-state index contributed by atoms with van der Waals surface area (Å²) in [5.41, 5.74) is 5.81. The molecule has 0 radical (unpaired) electrons. The van der Waals surface area contributed by atoms with Gasteiger partial charge in [0.15, 0.2) is 8.32 Å². The highest BCUT2D eigenvalue weighted by Crippen LogP contribution is 2.49. The van der Waals surface area contributed by atoms with Gasteiger partial charge in [-0.15, -0.1) is 0 Å². The number of para-hydroxylation sites is 1. The number of aromatic nitrogens is 1. The average molecular weight is 348 g/mol. The monoisotopic (exact) mass is 347 g/mol. The van der Waals surface area contributed by atoms with Crippen LogP contribution in [-0.4, -0.2) is 13.3 Å². The lowest BCUT2D eigenvalue weighted by Crippen LogP contribution is -2.41. The number of nitrogens with zero attached hydrogens (tertiary/aromatic N) is 1. The van der Waals surface area contributed by atoms with Crippen molar-refractivity contribution in [3.8, 4) is 11.3 Å². The maximum atomic E-state index is 6.86. The Bertz CT molecular complexity index is 956. The standard InChI is InChI=1S/C22H25NOSi/c1-22(2,3)25(4,5)24-21-17-12-8-7-11-16(17)20-18(21)14-15-10-6-9-13-19(15)23-20/h6-14,21H,1-5H3. The summed E-state index contributed by atoms with van der Waals surface area (Å²) in [6, 6.07) is 19.2. The van der Waals surface area contributed by atoms with Crippen LogP contribution in [0.2, 0.25) is 18.1 Å². The molecule has 3 aromatic rings. The summed E-state index contributed by atoms with van der Waals surface area (Å²) in [6.07, 6.45) is -0.0100. The molecule has 1 aliphatic rings. The molecule has 1 unspecified atom stereocenters. The Hall–Kier alpha value is -1.97. The second-order valence-corrected chi connectivity index (χ2v) is 13.2. The van der Waals surface area contributed by atoms with Crippen LogP contribution in [-0.2, 0) is 4.43 Å². The van der Waals surface area contributed by atoms with Crippen molar-refractivity contribution in [2.45, 2.75) is 45.0 Å². The van der Waals surface area contributed by atoms with Gasteiger partial charge >= 0.3 is 0 Å². The first-order valence-corrected chi connectivity index (χ1v) is 11.9. The first-order valence-electron chi connectivity index (χ1n) is 8.95. The van der Waals surface area contributed by atoms with E-state index >= 15 is 0 Å². The normalized spacial score (nSPS) is 16.8. The molecule has 1 heterocycles. The van der Waals surface area contributed by atoms with Crippen molar-refractivity contribution >= 4 is 19.2 Å². The molecule has 1 aliphatic carbocycles. The van der Waals surface area contributed by atoms with Crippen LogP contribution < -0.4 is 0 Å². The van der Waals surface area contributed by atoms with Crippen LogP contribution in [0, 0.1) is 0 Å². The lowest BCUT2D eigenvalue weighted by atomic mass is 10.1. The fourth-order valence-electron chi connectivity index (χ4n) is 3.26. The van der Waals surface area contributed by atoms with Crippen molar-refractivity contribution < 1.29 is 4.43 Å². The van der Waals surface area contributed by atoms with Gasteiger partial charge in [0.1, 0.15) is 0 Å². The maximum absolute atomic E-state index is 6.86. The van der Waals surface area contributed by atoms with Gasteiger partial charge in [0.2, 0.25) is 0 Å². The molecule has 0 saturated heterocycles. The molecular weight excluding hydrogens is 322 g/mol. The zero-order valence-electron chi connectivity index (χ0n) is 15.6. The molecule has 2 nitrogen and oxygen atoms in total. The third-order valence-corrected chi connectivity index (χ3v) is 10.2. The zero-order chi connectivity index (χ0) is 17.8. The molecule has 3 heteroatoms. The quantitative estimate of drug-likeness (QED) is 0.506. The molecule has 0 saturated carbocycles. The van der Waals surface area contributed by atoms with Crippen LogP contribution in [0.4, 0.5) is 0 Å². The summed E-state index contributed by atoms with van der Waals surface area (Å²) in [5, 5.41) is 1.35. The number of pyridine rings is 1. The topological polar surface area (TPSA) is 22.1 Å². The van der Waals surface area contributed by atoms with Crippen molar-refractivity contribution in [3.05, 3.63) is 65.7 Å². The summed E-state index contributed by atoms with van der Waals surface area (Å²) >= 11 is 0. The summed E-state index contributed by atoms with van der Waals surface area (Å²) in [6.45, 7) is 11.5. The first kappa shape index (κ1) is 16.5. The van der Waals surface area contributed by atoms with Crippen molar-refractivity contribution in [1.82, 2.24) is 4.98 Å². The van der Waals surface area contributed by atoms with Crippen molar-refractivity contribution in [2.24, 2.45) is 0 Å². The number of benzene rings is 2. The molecule has 0 amide bonds. The molecular formula is C22H25NOSi. The number of fused-ring (bicyclic) bond motifs is 4. The number of hydrogen-bond donors (Lipinski definition) is 0. The van der Waals surface area contributed by atoms with E-state index in [-0.39, 0.29) is 11.1 Å².